The van der Waals surface area contributed by atoms with E-state index in [1.807, 2.05) is 0 Å². The zero-order valence-corrected chi connectivity index (χ0v) is 13.6. The number of aromatic hydroxyl groups is 1. The number of esters is 1. The van der Waals surface area contributed by atoms with Crippen molar-refractivity contribution in [2.24, 2.45) is 0 Å². The molecule has 2 aromatic rings. The molecule has 24 heavy (non-hydrogen) atoms. The first kappa shape index (κ1) is 17.7. The minimum Gasteiger partial charge on any atom is -0.507 e. The predicted molar refractivity (Wildman–Crippen MR) is 86.3 cm³/mol. The lowest BCUT2D eigenvalue weighted by atomic mass is 10.2. The molecule has 126 valence electrons. The second-order valence-electron chi connectivity index (χ2n) is 5.08. The minimum atomic E-state index is -0.873. The Morgan fingerprint density at radius 3 is 2.67 bits per heavy atom. The van der Waals surface area contributed by atoms with E-state index >= 15 is 0 Å². The second kappa shape index (κ2) is 7.79. The van der Waals surface area contributed by atoms with Crippen molar-refractivity contribution in [1.29, 1.82) is 0 Å². The van der Waals surface area contributed by atoms with E-state index < -0.39 is 24.3 Å². The van der Waals surface area contributed by atoms with Gasteiger partial charge >= 0.3 is 5.97 Å². The van der Waals surface area contributed by atoms with Crippen molar-refractivity contribution in [3.05, 3.63) is 64.4 Å². The monoisotopic (exact) mass is 351 g/mol. The highest BCUT2D eigenvalue weighted by Crippen LogP contribution is 2.22. The molecule has 2 aromatic carbocycles. The maximum atomic E-state index is 13.6. The van der Waals surface area contributed by atoms with E-state index in [1.54, 1.807) is 18.2 Å². The maximum absolute atomic E-state index is 13.6. The van der Waals surface area contributed by atoms with Gasteiger partial charge in [-0.2, -0.15) is 0 Å². The number of amides is 1. The van der Waals surface area contributed by atoms with Gasteiger partial charge in [-0.3, -0.25) is 4.79 Å². The number of hydrogen-bond acceptors (Lipinski definition) is 4. The molecule has 0 spiro atoms. The molecule has 0 radical (unpaired) electrons. The normalized spacial score (nSPS) is 10.3. The van der Waals surface area contributed by atoms with Crippen molar-refractivity contribution in [2.45, 2.75) is 6.54 Å². The van der Waals surface area contributed by atoms with Crippen LogP contribution in [0.1, 0.15) is 15.9 Å². The number of halogens is 2. The number of likely N-dealkylation sites (N-methyl/N-ethyl adjacent to an activating group) is 1. The van der Waals surface area contributed by atoms with Crippen LogP contribution >= 0.6 is 11.6 Å². The van der Waals surface area contributed by atoms with Gasteiger partial charge in [-0.05, 0) is 24.3 Å². The van der Waals surface area contributed by atoms with Crippen LogP contribution in [0.3, 0.4) is 0 Å². The van der Waals surface area contributed by atoms with Crippen LogP contribution in [0.15, 0.2) is 42.5 Å². The van der Waals surface area contributed by atoms with Crippen molar-refractivity contribution in [2.75, 3.05) is 13.7 Å². The van der Waals surface area contributed by atoms with Crippen LogP contribution in [0.5, 0.6) is 5.75 Å². The lowest BCUT2D eigenvalue weighted by Gasteiger charge is -2.17. The summed E-state index contributed by atoms with van der Waals surface area (Å²) in [5, 5.41) is 9.86. The summed E-state index contributed by atoms with van der Waals surface area (Å²) in [6, 6.07) is 10.0. The van der Waals surface area contributed by atoms with Gasteiger partial charge in [0.15, 0.2) is 6.61 Å². The van der Waals surface area contributed by atoms with E-state index in [-0.39, 0.29) is 22.9 Å². The summed E-state index contributed by atoms with van der Waals surface area (Å²) >= 11 is 5.75. The van der Waals surface area contributed by atoms with Crippen LogP contribution in [0.4, 0.5) is 4.39 Å². The lowest BCUT2D eigenvalue weighted by molar-refractivity contribution is -0.133. The van der Waals surface area contributed by atoms with Crippen LogP contribution in [0, 0.1) is 5.82 Å². The van der Waals surface area contributed by atoms with Gasteiger partial charge in [0, 0.05) is 24.2 Å². The molecule has 7 heteroatoms. The fourth-order valence-corrected chi connectivity index (χ4v) is 2.13. The van der Waals surface area contributed by atoms with Gasteiger partial charge in [0.25, 0.3) is 5.91 Å². The highest BCUT2D eigenvalue weighted by molar-refractivity contribution is 6.31. The summed E-state index contributed by atoms with van der Waals surface area (Å²) in [6.07, 6.45) is 0. The molecule has 1 amide bonds. The van der Waals surface area contributed by atoms with Crippen molar-refractivity contribution in [1.82, 2.24) is 4.90 Å². The van der Waals surface area contributed by atoms with Gasteiger partial charge in [-0.15, -0.1) is 0 Å². The van der Waals surface area contributed by atoms with Crippen LogP contribution in [-0.4, -0.2) is 35.5 Å². The molecule has 0 saturated carbocycles. The van der Waals surface area contributed by atoms with Gasteiger partial charge in [0.1, 0.15) is 17.1 Å². The molecule has 1 N–H and O–H groups in total. The Kier molecular flexibility index (Phi) is 5.76. The zero-order valence-electron chi connectivity index (χ0n) is 12.8. The van der Waals surface area contributed by atoms with Gasteiger partial charge < -0.3 is 14.7 Å². The fourth-order valence-electron chi connectivity index (χ4n) is 1.96. The second-order valence-corrected chi connectivity index (χ2v) is 5.52. The minimum absolute atomic E-state index is 0.0471. The SMILES string of the molecule is CN(Cc1ccccc1F)C(=O)COC(=O)c1cc(Cl)ccc1O. The molecule has 0 saturated heterocycles. The molecule has 0 heterocycles. The number of hydrogen-bond donors (Lipinski definition) is 1. The van der Waals surface area contributed by atoms with Gasteiger partial charge in [-0.1, -0.05) is 29.8 Å². The molecular weight excluding hydrogens is 337 g/mol. The number of nitrogens with zero attached hydrogens (tertiary/aromatic N) is 1. The molecule has 0 aliphatic carbocycles. The quantitative estimate of drug-likeness (QED) is 0.841. The average molecular weight is 352 g/mol. The Balaban J connectivity index is 1.93. The van der Waals surface area contributed by atoms with Crippen molar-refractivity contribution in [3.8, 4) is 5.75 Å². The standard InChI is InChI=1S/C17H15ClFNO4/c1-20(9-11-4-2-3-5-14(11)19)16(22)10-24-17(23)13-8-12(18)6-7-15(13)21/h2-8,21H,9-10H2,1H3. The molecule has 2 rings (SSSR count). The number of carbonyl (C=O) groups excluding carboxylic acids is 2. The Labute approximate surface area is 143 Å². The summed E-state index contributed by atoms with van der Waals surface area (Å²) in [7, 11) is 1.47. The number of phenols is 1. The first-order valence-electron chi connectivity index (χ1n) is 7.01. The smallest absolute Gasteiger partial charge is 0.342 e. The van der Waals surface area contributed by atoms with Gasteiger partial charge in [0.05, 0.1) is 0 Å². The third-order valence-electron chi connectivity index (χ3n) is 3.30. The largest absolute Gasteiger partial charge is 0.507 e. The summed E-state index contributed by atoms with van der Waals surface area (Å²) in [6.45, 7) is -0.485. The van der Waals surface area contributed by atoms with Crippen LogP contribution < -0.4 is 0 Å². The van der Waals surface area contributed by atoms with E-state index in [1.165, 1.54) is 36.2 Å². The molecule has 0 atom stereocenters. The third-order valence-corrected chi connectivity index (χ3v) is 3.53. The van der Waals surface area contributed by atoms with E-state index in [4.69, 9.17) is 16.3 Å². The molecule has 0 aromatic heterocycles. The molecule has 5 nitrogen and oxygen atoms in total. The third kappa shape index (κ3) is 4.45. The van der Waals surface area contributed by atoms with E-state index in [0.717, 1.165) is 0 Å². The molecule has 0 fully saturated rings. The predicted octanol–water partition coefficient (Wildman–Crippen LogP) is 3.00. The van der Waals surface area contributed by atoms with E-state index in [0.29, 0.717) is 5.56 Å². The first-order chi connectivity index (χ1) is 11.4. The van der Waals surface area contributed by atoms with Gasteiger partial charge in [0.2, 0.25) is 0 Å². The Bertz CT molecular complexity index is 766. The Hall–Kier alpha value is -2.60. The highest BCUT2D eigenvalue weighted by atomic mass is 35.5. The molecule has 0 aliphatic rings. The van der Waals surface area contributed by atoms with Crippen molar-refractivity contribution < 1.29 is 23.8 Å². The summed E-state index contributed by atoms with van der Waals surface area (Å²) in [4.78, 5) is 25.1. The topological polar surface area (TPSA) is 66.8 Å². The van der Waals surface area contributed by atoms with E-state index in [2.05, 4.69) is 0 Å². The van der Waals surface area contributed by atoms with Crippen LogP contribution in [0.25, 0.3) is 0 Å². The van der Waals surface area contributed by atoms with Crippen molar-refractivity contribution >= 4 is 23.5 Å². The molecular formula is C17H15ClFNO4. The molecule has 0 unspecified atom stereocenters. The lowest BCUT2D eigenvalue weighted by Crippen LogP contribution is -2.31. The summed E-state index contributed by atoms with van der Waals surface area (Å²) in [5.74, 6) is -2.09. The molecule has 0 bridgehead atoms. The van der Waals surface area contributed by atoms with Crippen molar-refractivity contribution in [3.63, 3.8) is 0 Å². The Morgan fingerprint density at radius 2 is 1.96 bits per heavy atom. The number of ether oxygens (including phenoxy) is 1. The maximum Gasteiger partial charge on any atom is 0.342 e. The summed E-state index contributed by atoms with van der Waals surface area (Å²) < 4.78 is 18.4. The number of rotatable bonds is 5. The Morgan fingerprint density at radius 1 is 1.25 bits per heavy atom. The first-order valence-corrected chi connectivity index (χ1v) is 7.39. The fraction of sp³-hybridized carbons (Fsp3) is 0.176. The van der Waals surface area contributed by atoms with Crippen LogP contribution in [-0.2, 0) is 16.1 Å². The summed E-state index contributed by atoms with van der Waals surface area (Å²) in [5.41, 5.74) is 0.221. The average Bonchev–Trinajstić information content (AvgIpc) is 2.56. The molecule has 0 aliphatic heterocycles. The zero-order chi connectivity index (χ0) is 17.7. The number of carbonyl (C=O) groups is 2. The number of benzene rings is 2. The van der Waals surface area contributed by atoms with Gasteiger partial charge in [-0.25, -0.2) is 9.18 Å². The van der Waals surface area contributed by atoms with Crippen LogP contribution in [0.2, 0.25) is 5.02 Å². The number of phenolic OH excluding ortho intramolecular Hbond substituents is 1. The van der Waals surface area contributed by atoms with E-state index in [9.17, 15) is 19.1 Å². The highest BCUT2D eigenvalue weighted by Gasteiger charge is 2.17.